The van der Waals surface area contributed by atoms with E-state index in [2.05, 4.69) is 4.99 Å². The second-order valence-corrected chi connectivity index (χ2v) is 10.3. The molecular weight excluding hydrogens is 460 g/mol. The van der Waals surface area contributed by atoms with Crippen LogP contribution in [0, 0.1) is 0 Å². The quantitative estimate of drug-likeness (QED) is 0.606. The van der Waals surface area contributed by atoms with Crippen molar-refractivity contribution in [2.75, 3.05) is 43.8 Å². The van der Waals surface area contributed by atoms with Gasteiger partial charge >= 0.3 is 5.97 Å². The Labute approximate surface area is 182 Å². The third kappa shape index (κ3) is 4.82. The van der Waals surface area contributed by atoms with Gasteiger partial charge in [-0.05, 0) is 6.07 Å². The number of hydrogen-bond acceptors (Lipinski definition) is 8. The van der Waals surface area contributed by atoms with Gasteiger partial charge in [0.05, 0.1) is 42.5 Å². The first-order valence-electron chi connectivity index (χ1n) is 8.64. The zero-order chi connectivity index (χ0) is 22.1. The topological polar surface area (TPSA) is 132 Å². The van der Waals surface area contributed by atoms with E-state index in [9.17, 15) is 18.0 Å². The van der Waals surface area contributed by atoms with Crippen molar-refractivity contribution in [2.24, 2.45) is 4.99 Å². The van der Waals surface area contributed by atoms with Crippen molar-refractivity contribution in [2.45, 2.75) is 11.3 Å². The summed E-state index contributed by atoms with van der Waals surface area (Å²) in [6.45, 7) is -1.14. The van der Waals surface area contributed by atoms with Crippen LogP contribution in [0.1, 0.15) is 0 Å². The van der Waals surface area contributed by atoms with Crippen molar-refractivity contribution in [3.63, 3.8) is 0 Å². The average molecular weight is 479 g/mol. The average Bonchev–Trinajstić information content (AvgIpc) is 3.11. The van der Waals surface area contributed by atoms with Crippen LogP contribution in [-0.4, -0.2) is 80.8 Å². The molecule has 0 unspecified atom stereocenters. The lowest BCUT2D eigenvalue weighted by molar-refractivity contribution is -0.143. The maximum Gasteiger partial charge on any atom is 0.329 e. The second kappa shape index (κ2) is 9.00. The van der Waals surface area contributed by atoms with Crippen LogP contribution >= 0.6 is 23.4 Å². The molecule has 2 heterocycles. The van der Waals surface area contributed by atoms with Crippen LogP contribution in [0.3, 0.4) is 0 Å². The molecule has 0 spiro atoms. The van der Waals surface area contributed by atoms with Crippen molar-refractivity contribution in [3.8, 4) is 11.5 Å². The molecule has 2 saturated heterocycles. The van der Waals surface area contributed by atoms with E-state index >= 15 is 0 Å². The minimum Gasteiger partial charge on any atom is -0.495 e. The number of halogens is 1. The highest BCUT2D eigenvalue weighted by molar-refractivity contribution is 8.16. The molecule has 2 fully saturated rings. The monoisotopic (exact) mass is 478 g/mol. The van der Waals surface area contributed by atoms with Gasteiger partial charge in [0, 0.05) is 11.3 Å². The fraction of sp³-hybridized carbons (Fsp3) is 0.471. The van der Waals surface area contributed by atoms with E-state index in [1.165, 1.54) is 14.2 Å². The highest BCUT2D eigenvalue weighted by atomic mass is 35.5. The van der Waals surface area contributed by atoms with Gasteiger partial charge in [0.25, 0.3) is 5.91 Å². The summed E-state index contributed by atoms with van der Waals surface area (Å²) in [7, 11) is -0.358. The number of ether oxygens (including phenoxy) is 3. The minimum absolute atomic E-state index is 0.0479. The molecule has 30 heavy (non-hydrogen) atoms. The molecule has 0 aliphatic carbocycles. The van der Waals surface area contributed by atoms with Gasteiger partial charge < -0.3 is 24.2 Å². The van der Waals surface area contributed by atoms with E-state index < -0.39 is 41.0 Å². The molecule has 1 aromatic carbocycles. The fourth-order valence-corrected chi connectivity index (χ4v) is 7.40. The zero-order valence-corrected chi connectivity index (χ0v) is 18.4. The first-order valence-corrected chi connectivity index (χ1v) is 11.7. The molecule has 10 nitrogen and oxygen atoms in total. The van der Waals surface area contributed by atoms with Crippen LogP contribution < -0.4 is 14.4 Å². The molecule has 1 amide bonds. The number of amidine groups is 1. The SMILES string of the molecule is COc1cc(OC)c(N2C(=NC(=O)COCC(=O)O)S[C@H]3CS(=O)(=O)C[C@@H]32)cc1Cl. The number of carboxylic acids is 1. The molecule has 1 N–H and O–H groups in total. The molecule has 0 bridgehead atoms. The Hall–Kier alpha value is -2.02. The molecular formula is C17H19ClN2O8S2. The van der Waals surface area contributed by atoms with Gasteiger partial charge in [0.1, 0.15) is 24.7 Å². The van der Waals surface area contributed by atoms with Gasteiger partial charge in [0.15, 0.2) is 15.0 Å². The van der Waals surface area contributed by atoms with Gasteiger partial charge in [0.2, 0.25) is 0 Å². The molecule has 1 aromatic rings. The number of rotatable bonds is 7. The van der Waals surface area contributed by atoms with Crippen LogP contribution in [0.2, 0.25) is 5.02 Å². The number of carboxylic acid groups (broad SMARTS) is 1. The Morgan fingerprint density at radius 1 is 1.23 bits per heavy atom. The first-order chi connectivity index (χ1) is 14.1. The zero-order valence-electron chi connectivity index (χ0n) is 16.0. The van der Waals surface area contributed by atoms with Gasteiger partial charge in [-0.25, -0.2) is 13.2 Å². The molecule has 3 rings (SSSR count). The predicted molar refractivity (Wildman–Crippen MR) is 112 cm³/mol. The van der Waals surface area contributed by atoms with Crippen molar-refractivity contribution < 1.29 is 37.3 Å². The Bertz CT molecular complexity index is 998. The highest BCUT2D eigenvalue weighted by Crippen LogP contribution is 2.46. The highest BCUT2D eigenvalue weighted by Gasteiger charge is 2.50. The molecule has 0 saturated carbocycles. The number of nitrogens with zero attached hydrogens (tertiary/aromatic N) is 2. The molecule has 13 heteroatoms. The molecule has 2 aliphatic rings. The Morgan fingerprint density at radius 3 is 2.57 bits per heavy atom. The largest absolute Gasteiger partial charge is 0.495 e. The summed E-state index contributed by atoms with van der Waals surface area (Å²) < 4.78 is 39.8. The lowest BCUT2D eigenvalue weighted by Gasteiger charge is -2.26. The smallest absolute Gasteiger partial charge is 0.329 e. The summed E-state index contributed by atoms with van der Waals surface area (Å²) in [5, 5.41) is 8.82. The molecule has 164 valence electrons. The Morgan fingerprint density at radius 2 is 1.93 bits per heavy atom. The number of anilines is 1. The van der Waals surface area contributed by atoms with Gasteiger partial charge in [-0.3, -0.25) is 4.79 Å². The number of hydrogen-bond donors (Lipinski definition) is 1. The summed E-state index contributed by atoms with van der Waals surface area (Å²) in [5.41, 5.74) is 0.443. The van der Waals surface area contributed by atoms with Crippen LogP contribution in [-0.2, 0) is 24.2 Å². The number of aliphatic carboxylic acids is 1. The lowest BCUT2D eigenvalue weighted by Crippen LogP contribution is -2.38. The van der Waals surface area contributed by atoms with E-state index in [0.717, 1.165) is 11.8 Å². The number of sulfone groups is 1. The standard InChI is InChI=1S/C17H19ClN2O8S2/c1-26-12-4-13(27-2)10(3-9(12)18)20-11-7-30(24,25)8-14(11)29-17(20)19-15(21)5-28-6-16(22)23/h3-4,11,14H,5-8H2,1-2H3,(H,22,23)/t11-,14-/m0/s1. The summed E-state index contributed by atoms with van der Waals surface area (Å²) in [4.78, 5) is 28.4. The third-order valence-corrected chi connectivity index (χ3v) is 7.96. The van der Waals surface area contributed by atoms with Gasteiger partial charge in [-0.15, -0.1) is 0 Å². The van der Waals surface area contributed by atoms with Crippen LogP contribution in [0.4, 0.5) is 5.69 Å². The normalized spacial score (nSPS) is 23.4. The maximum atomic E-state index is 12.2. The number of carbonyl (C=O) groups is 2. The van der Waals surface area contributed by atoms with Gasteiger partial charge in [-0.1, -0.05) is 23.4 Å². The first kappa shape index (κ1) is 22.7. The van der Waals surface area contributed by atoms with Crippen molar-refractivity contribution in [1.29, 1.82) is 0 Å². The van der Waals surface area contributed by atoms with Crippen LogP contribution in [0.15, 0.2) is 17.1 Å². The van der Waals surface area contributed by atoms with E-state index in [-0.39, 0.29) is 26.9 Å². The number of carbonyl (C=O) groups excluding carboxylic acids is 1. The number of amides is 1. The fourth-order valence-electron chi connectivity index (χ4n) is 3.24. The molecule has 0 radical (unpaired) electrons. The summed E-state index contributed by atoms with van der Waals surface area (Å²) in [5.74, 6) is -1.32. The Kier molecular flexibility index (Phi) is 6.80. The molecule has 0 aromatic heterocycles. The second-order valence-electron chi connectivity index (χ2n) is 6.50. The van der Waals surface area contributed by atoms with E-state index in [4.69, 9.17) is 30.9 Å². The third-order valence-electron chi connectivity index (χ3n) is 4.45. The number of thioether (sulfide) groups is 1. The summed E-state index contributed by atoms with van der Waals surface area (Å²) in [6.07, 6.45) is 0. The Balaban J connectivity index is 1.98. The van der Waals surface area contributed by atoms with Crippen molar-refractivity contribution in [1.82, 2.24) is 0 Å². The minimum atomic E-state index is -3.26. The predicted octanol–water partition coefficient (Wildman–Crippen LogP) is 1.06. The maximum absolute atomic E-state index is 12.2. The van der Waals surface area contributed by atoms with Crippen LogP contribution in [0.5, 0.6) is 11.5 Å². The van der Waals surface area contributed by atoms with E-state index in [1.807, 2.05) is 0 Å². The molecule has 2 atom stereocenters. The van der Waals surface area contributed by atoms with Crippen LogP contribution in [0.25, 0.3) is 0 Å². The number of benzene rings is 1. The van der Waals surface area contributed by atoms with E-state index in [1.54, 1.807) is 17.0 Å². The number of fused-ring (bicyclic) bond motifs is 1. The number of methoxy groups -OCH3 is 2. The van der Waals surface area contributed by atoms with Gasteiger partial charge in [-0.2, -0.15) is 4.99 Å². The summed E-state index contributed by atoms with van der Waals surface area (Å²) >= 11 is 7.44. The molecule has 2 aliphatic heterocycles. The van der Waals surface area contributed by atoms with Crippen molar-refractivity contribution in [3.05, 3.63) is 17.2 Å². The lowest BCUT2D eigenvalue weighted by atomic mass is 10.2. The van der Waals surface area contributed by atoms with Crippen molar-refractivity contribution >= 4 is 55.9 Å². The summed E-state index contributed by atoms with van der Waals surface area (Å²) in [6, 6.07) is 2.66. The van der Waals surface area contributed by atoms with E-state index in [0.29, 0.717) is 17.2 Å². The number of aliphatic imine (C=N–C) groups is 1.